The van der Waals surface area contributed by atoms with E-state index in [1.807, 2.05) is 48.8 Å². The molecule has 1 aromatic heterocycles. The Kier molecular flexibility index (Phi) is 6.17. The Morgan fingerprint density at radius 1 is 1.03 bits per heavy atom. The summed E-state index contributed by atoms with van der Waals surface area (Å²) in [6.45, 7) is 3.10. The maximum absolute atomic E-state index is 9.23. The Labute approximate surface area is 172 Å². The molecule has 0 amide bonds. The van der Waals surface area contributed by atoms with Gasteiger partial charge in [0.25, 0.3) is 0 Å². The van der Waals surface area contributed by atoms with Gasteiger partial charge < -0.3 is 9.84 Å². The fraction of sp³-hybridized carbons (Fsp3) is 0.333. The average molecular weight is 389 g/mol. The molecule has 2 heterocycles. The normalized spacial score (nSPS) is 17.2. The van der Waals surface area contributed by atoms with Crippen LogP contribution in [0.15, 0.2) is 60.9 Å². The smallest absolute Gasteiger partial charge is 0.118 e. The summed E-state index contributed by atoms with van der Waals surface area (Å²) in [5.41, 5.74) is 5.18. The van der Waals surface area contributed by atoms with Crippen LogP contribution in [0.5, 0.6) is 5.75 Å². The van der Waals surface area contributed by atoms with Crippen LogP contribution in [0.1, 0.15) is 35.6 Å². The second-order valence-electron chi connectivity index (χ2n) is 7.61. The minimum Gasteiger partial charge on any atom is -0.497 e. The van der Waals surface area contributed by atoms with E-state index < -0.39 is 0 Å². The number of methoxy groups -OCH3 is 1. The maximum Gasteiger partial charge on any atom is 0.118 e. The number of ether oxygens (including phenoxy) is 1. The summed E-state index contributed by atoms with van der Waals surface area (Å²) in [4.78, 5) is 11.9. The average Bonchev–Trinajstić information content (AvgIpc) is 2.80. The molecule has 0 bridgehead atoms. The van der Waals surface area contributed by atoms with Gasteiger partial charge in [-0.15, -0.1) is 0 Å². The van der Waals surface area contributed by atoms with Crippen LogP contribution >= 0.6 is 0 Å². The SMILES string of the molecule is COc1ccc(CN2CCCC(c3cncc(-c4ccc(CO)cc4)n3)C2)cc1. The predicted molar refractivity (Wildman–Crippen MR) is 114 cm³/mol. The minimum atomic E-state index is 0.0537. The topological polar surface area (TPSA) is 58.5 Å². The lowest BCUT2D eigenvalue weighted by atomic mass is 9.94. The summed E-state index contributed by atoms with van der Waals surface area (Å²) in [6.07, 6.45) is 6.03. The molecule has 0 saturated carbocycles. The largest absolute Gasteiger partial charge is 0.497 e. The predicted octanol–water partition coefficient (Wildman–Crippen LogP) is 4.02. The van der Waals surface area contributed by atoms with Crippen molar-refractivity contribution in [3.05, 3.63) is 77.7 Å². The van der Waals surface area contributed by atoms with Crippen molar-refractivity contribution in [2.75, 3.05) is 20.2 Å². The fourth-order valence-electron chi connectivity index (χ4n) is 3.93. The standard InChI is InChI=1S/C24H27N3O2/c1-29-22-10-6-18(7-11-22)15-27-12-2-3-21(16-27)24-14-25-13-23(26-24)20-8-4-19(17-28)5-9-20/h4-11,13-14,21,28H,2-3,12,15-17H2,1H3. The summed E-state index contributed by atoms with van der Waals surface area (Å²) in [5, 5.41) is 9.23. The van der Waals surface area contributed by atoms with Gasteiger partial charge in [-0.2, -0.15) is 0 Å². The third-order valence-corrected chi connectivity index (χ3v) is 5.57. The van der Waals surface area contributed by atoms with Crippen LogP contribution in [0.3, 0.4) is 0 Å². The molecule has 1 atom stereocenters. The highest BCUT2D eigenvalue weighted by Crippen LogP contribution is 2.28. The van der Waals surface area contributed by atoms with Crippen LogP contribution in [0, 0.1) is 0 Å². The molecule has 5 heteroatoms. The molecule has 1 unspecified atom stereocenters. The van der Waals surface area contributed by atoms with Gasteiger partial charge in [0.05, 0.1) is 31.3 Å². The Bertz CT molecular complexity index is 926. The van der Waals surface area contributed by atoms with E-state index in [0.29, 0.717) is 5.92 Å². The van der Waals surface area contributed by atoms with Crippen molar-refractivity contribution in [1.29, 1.82) is 0 Å². The first kappa shape index (κ1) is 19.6. The molecule has 1 N–H and O–H groups in total. The molecule has 0 spiro atoms. The van der Waals surface area contributed by atoms with Gasteiger partial charge >= 0.3 is 0 Å². The van der Waals surface area contributed by atoms with Gasteiger partial charge in [0.15, 0.2) is 0 Å². The first-order chi connectivity index (χ1) is 14.2. The minimum absolute atomic E-state index is 0.0537. The third-order valence-electron chi connectivity index (χ3n) is 5.57. The van der Waals surface area contributed by atoms with Gasteiger partial charge in [0, 0.05) is 30.8 Å². The van der Waals surface area contributed by atoms with Crippen molar-refractivity contribution in [3.63, 3.8) is 0 Å². The molecule has 2 aromatic carbocycles. The molecule has 1 fully saturated rings. The summed E-state index contributed by atoms with van der Waals surface area (Å²) >= 11 is 0. The van der Waals surface area contributed by atoms with Crippen molar-refractivity contribution in [1.82, 2.24) is 14.9 Å². The summed E-state index contributed by atoms with van der Waals surface area (Å²) in [6, 6.07) is 16.2. The number of aliphatic hydroxyl groups is 1. The monoisotopic (exact) mass is 389 g/mol. The Balaban J connectivity index is 1.46. The van der Waals surface area contributed by atoms with Crippen molar-refractivity contribution in [2.45, 2.75) is 31.9 Å². The lowest BCUT2D eigenvalue weighted by Crippen LogP contribution is -2.34. The molecule has 4 rings (SSSR count). The van der Waals surface area contributed by atoms with Gasteiger partial charge in [-0.05, 0) is 42.6 Å². The molecular weight excluding hydrogens is 362 g/mol. The molecule has 0 aliphatic carbocycles. The van der Waals surface area contributed by atoms with Gasteiger partial charge in [0.2, 0.25) is 0 Å². The lowest BCUT2D eigenvalue weighted by Gasteiger charge is -2.32. The van der Waals surface area contributed by atoms with E-state index in [1.165, 1.54) is 5.56 Å². The van der Waals surface area contributed by atoms with Crippen molar-refractivity contribution >= 4 is 0 Å². The quantitative estimate of drug-likeness (QED) is 0.690. The van der Waals surface area contributed by atoms with E-state index in [2.05, 4.69) is 22.0 Å². The van der Waals surface area contributed by atoms with Crippen molar-refractivity contribution < 1.29 is 9.84 Å². The van der Waals surface area contributed by atoms with E-state index in [4.69, 9.17) is 9.72 Å². The number of rotatable bonds is 6. The zero-order valence-corrected chi connectivity index (χ0v) is 16.8. The number of piperidine rings is 1. The second kappa shape index (κ2) is 9.16. The zero-order valence-electron chi connectivity index (χ0n) is 16.8. The molecule has 1 aliphatic heterocycles. The molecule has 29 heavy (non-hydrogen) atoms. The van der Waals surface area contributed by atoms with Crippen LogP contribution in [-0.2, 0) is 13.2 Å². The zero-order chi connectivity index (χ0) is 20.1. The highest BCUT2D eigenvalue weighted by atomic mass is 16.5. The number of likely N-dealkylation sites (tertiary alicyclic amines) is 1. The Morgan fingerprint density at radius 3 is 2.52 bits per heavy atom. The highest BCUT2D eigenvalue weighted by Gasteiger charge is 2.23. The van der Waals surface area contributed by atoms with Gasteiger partial charge in [0.1, 0.15) is 5.75 Å². The first-order valence-electron chi connectivity index (χ1n) is 10.1. The first-order valence-corrected chi connectivity index (χ1v) is 10.1. The van der Waals surface area contributed by atoms with E-state index in [9.17, 15) is 5.11 Å². The van der Waals surface area contributed by atoms with Gasteiger partial charge in [-0.3, -0.25) is 9.88 Å². The van der Waals surface area contributed by atoms with Crippen molar-refractivity contribution in [3.8, 4) is 17.0 Å². The number of nitrogens with zero attached hydrogens (tertiary/aromatic N) is 3. The van der Waals surface area contributed by atoms with Crippen LogP contribution < -0.4 is 4.74 Å². The highest BCUT2D eigenvalue weighted by molar-refractivity contribution is 5.58. The van der Waals surface area contributed by atoms with Crippen LogP contribution in [0.4, 0.5) is 0 Å². The van der Waals surface area contributed by atoms with Crippen LogP contribution in [0.2, 0.25) is 0 Å². The lowest BCUT2D eigenvalue weighted by molar-refractivity contribution is 0.198. The van der Waals surface area contributed by atoms with Crippen LogP contribution in [0.25, 0.3) is 11.3 Å². The molecule has 3 aromatic rings. The van der Waals surface area contributed by atoms with Crippen LogP contribution in [-0.4, -0.2) is 40.2 Å². The number of aromatic nitrogens is 2. The van der Waals surface area contributed by atoms with E-state index in [-0.39, 0.29) is 6.61 Å². The maximum atomic E-state index is 9.23. The molecule has 1 saturated heterocycles. The van der Waals surface area contributed by atoms with Gasteiger partial charge in [-0.25, -0.2) is 4.98 Å². The Hall–Kier alpha value is -2.76. The number of benzene rings is 2. The second-order valence-corrected chi connectivity index (χ2v) is 7.61. The molecule has 150 valence electrons. The molecule has 1 aliphatic rings. The van der Waals surface area contributed by atoms with E-state index in [0.717, 1.165) is 60.7 Å². The number of hydrogen-bond donors (Lipinski definition) is 1. The number of hydrogen-bond acceptors (Lipinski definition) is 5. The molecule has 5 nitrogen and oxygen atoms in total. The van der Waals surface area contributed by atoms with Crippen molar-refractivity contribution in [2.24, 2.45) is 0 Å². The molecule has 0 radical (unpaired) electrons. The summed E-state index contributed by atoms with van der Waals surface area (Å²) < 4.78 is 5.25. The van der Waals surface area contributed by atoms with Gasteiger partial charge in [-0.1, -0.05) is 36.4 Å². The third kappa shape index (κ3) is 4.81. The van der Waals surface area contributed by atoms with E-state index in [1.54, 1.807) is 7.11 Å². The number of aliphatic hydroxyl groups excluding tert-OH is 1. The molecular formula is C24H27N3O2. The van der Waals surface area contributed by atoms with E-state index >= 15 is 0 Å². The Morgan fingerprint density at radius 2 is 1.79 bits per heavy atom. The summed E-state index contributed by atoms with van der Waals surface area (Å²) in [7, 11) is 1.69. The summed E-state index contributed by atoms with van der Waals surface area (Å²) in [5.74, 6) is 1.29. The fourth-order valence-corrected chi connectivity index (χ4v) is 3.93.